The highest BCUT2D eigenvalue weighted by Crippen LogP contribution is 2.12. The molecule has 0 unspecified atom stereocenters. The molecule has 1 rings (SSSR count). The van der Waals surface area contributed by atoms with Crippen molar-refractivity contribution in [2.24, 2.45) is 0 Å². The van der Waals surface area contributed by atoms with Crippen molar-refractivity contribution in [1.29, 1.82) is 0 Å². The van der Waals surface area contributed by atoms with Crippen LogP contribution in [0.5, 0.6) is 0 Å². The summed E-state index contributed by atoms with van der Waals surface area (Å²) in [4.78, 5) is 6.65. The van der Waals surface area contributed by atoms with E-state index in [4.69, 9.17) is 5.11 Å². The number of aliphatic hydroxyl groups is 1. The summed E-state index contributed by atoms with van der Waals surface area (Å²) in [5, 5.41) is 12.5. The topological polar surface area (TPSA) is 48.4 Å². The molecule has 4 nitrogen and oxygen atoms in total. The van der Waals surface area contributed by atoms with E-state index < -0.39 is 0 Å². The highest BCUT2D eigenvalue weighted by molar-refractivity contribution is 5.39. The van der Waals surface area contributed by atoms with Gasteiger partial charge in [0, 0.05) is 25.8 Å². The third kappa shape index (κ3) is 6.03. The Balaban J connectivity index is 2.55. The fourth-order valence-corrected chi connectivity index (χ4v) is 1.93. The predicted octanol–water partition coefficient (Wildman–Crippen LogP) is 2.18. The lowest BCUT2D eigenvalue weighted by Crippen LogP contribution is -2.28. The number of hydrogen-bond donors (Lipinski definition) is 2. The Morgan fingerprint density at radius 1 is 1.21 bits per heavy atom. The lowest BCUT2D eigenvalue weighted by molar-refractivity contribution is 0.301. The van der Waals surface area contributed by atoms with Crippen LogP contribution in [0.15, 0.2) is 18.3 Å². The fraction of sp³-hybridized carbons (Fsp3) is 0.667. The summed E-state index contributed by atoms with van der Waals surface area (Å²) in [6, 6.07) is 4.16. The van der Waals surface area contributed by atoms with Crippen molar-refractivity contribution in [3.05, 3.63) is 23.9 Å². The molecular formula is C15H27N3O. The van der Waals surface area contributed by atoms with Crippen molar-refractivity contribution in [1.82, 2.24) is 10.3 Å². The number of hydrogen-bond acceptors (Lipinski definition) is 4. The number of anilines is 1. The van der Waals surface area contributed by atoms with Gasteiger partial charge in [0.1, 0.15) is 5.82 Å². The molecule has 0 radical (unpaired) electrons. The number of rotatable bonds is 10. The molecule has 0 aliphatic rings. The molecule has 0 fully saturated rings. The minimum atomic E-state index is 0.172. The molecule has 0 atom stereocenters. The second-order valence-electron chi connectivity index (χ2n) is 4.77. The Hall–Kier alpha value is -1.13. The maximum absolute atomic E-state index is 9.12. The van der Waals surface area contributed by atoms with E-state index in [1.807, 2.05) is 12.3 Å². The molecule has 2 N–H and O–H groups in total. The summed E-state index contributed by atoms with van der Waals surface area (Å²) in [6.45, 7) is 8.02. The zero-order chi connectivity index (χ0) is 13.9. The monoisotopic (exact) mass is 265 g/mol. The molecule has 0 aliphatic heterocycles. The lowest BCUT2D eigenvalue weighted by Gasteiger charge is -2.22. The molecule has 0 saturated carbocycles. The number of nitrogens with zero attached hydrogens (tertiary/aromatic N) is 2. The smallest absolute Gasteiger partial charge is 0.128 e. The first kappa shape index (κ1) is 15.9. The second-order valence-corrected chi connectivity index (χ2v) is 4.77. The average molecular weight is 265 g/mol. The van der Waals surface area contributed by atoms with E-state index in [2.05, 4.69) is 35.1 Å². The number of aliphatic hydroxyl groups excluding tert-OH is 1. The average Bonchev–Trinajstić information content (AvgIpc) is 2.45. The molecule has 108 valence electrons. The summed E-state index contributed by atoms with van der Waals surface area (Å²) < 4.78 is 0. The molecule has 1 aromatic rings. The minimum absolute atomic E-state index is 0.172. The maximum atomic E-state index is 9.12. The van der Waals surface area contributed by atoms with Gasteiger partial charge in [-0.15, -0.1) is 0 Å². The van der Waals surface area contributed by atoms with Crippen LogP contribution in [0.3, 0.4) is 0 Å². The van der Waals surface area contributed by atoms with Crippen LogP contribution in [0, 0.1) is 0 Å². The minimum Gasteiger partial charge on any atom is -0.395 e. The van der Waals surface area contributed by atoms with E-state index in [1.165, 1.54) is 5.56 Å². The van der Waals surface area contributed by atoms with Crippen LogP contribution in [0.4, 0.5) is 5.82 Å². The number of aromatic nitrogens is 1. The second kappa shape index (κ2) is 9.75. The molecule has 1 aromatic heterocycles. The van der Waals surface area contributed by atoms with Gasteiger partial charge in [0.15, 0.2) is 0 Å². The van der Waals surface area contributed by atoms with Crippen LogP contribution in [0.2, 0.25) is 0 Å². The van der Waals surface area contributed by atoms with Crippen molar-refractivity contribution in [2.75, 3.05) is 31.1 Å². The normalized spacial score (nSPS) is 10.7. The summed E-state index contributed by atoms with van der Waals surface area (Å²) in [5.41, 5.74) is 1.21. The van der Waals surface area contributed by atoms with E-state index in [0.717, 1.165) is 44.7 Å². The van der Waals surface area contributed by atoms with Crippen molar-refractivity contribution in [2.45, 2.75) is 39.7 Å². The Kier molecular flexibility index (Phi) is 8.18. The lowest BCUT2D eigenvalue weighted by atomic mass is 10.2. The van der Waals surface area contributed by atoms with Gasteiger partial charge in [-0.25, -0.2) is 4.98 Å². The Morgan fingerprint density at radius 3 is 2.63 bits per heavy atom. The van der Waals surface area contributed by atoms with Crippen LogP contribution in [-0.4, -0.2) is 36.3 Å². The Bertz CT molecular complexity index is 327. The molecule has 0 aromatic carbocycles. The summed E-state index contributed by atoms with van der Waals surface area (Å²) in [7, 11) is 0. The van der Waals surface area contributed by atoms with Gasteiger partial charge in [0.2, 0.25) is 0 Å². The molecule has 0 spiro atoms. The highest BCUT2D eigenvalue weighted by Gasteiger charge is 2.06. The maximum Gasteiger partial charge on any atom is 0.128 e. The van der Waals surface area contributed by atoms with Crippen molar-refractivity contribution in [3.8, 4) is 0 Å². The number of pyridine rings is 1. The molecule has 0 aliphatic carbocycles. The first-order valence-corrected chi connectivity index (χ1v) is 7.33. The molecule has 0 amide bonds. The van der Waals surface area contributed by atoms with Crippen LogP contribution >= 0.6 is 0 Å². The standard InChI is InChI=1S/C15H27N3O/c1-3-5-9-18(10-11-19)15-7-6-14(13-17-15)12-16-8-4-2/h6-7,13,16,19H,3-5,8-12H2,1-2H3. The van der Waals surface area contributed by atoms with Gasteiger partial charge in [0.25, 0.3) is 0 Å². The number of unbranched alkanes of at least 4 members (excludes halogenated alkanes) is 1. The largest absolute Gasteiger partial charge is 0.395 e. The molecule has 4 heteroatoms. The van der Waals surface area contributed by atoms with Gasteiger partial charge in [-0.3, -0.25) is 0 Å². The summed E-state index contributed by atoms with van der Waals surface area (Å²) in [5.74, 6) is 0.960. The van der Waals surface area contributed by atoms with Crippen LogP contribution in [-0.2, 0) is 6.54 Å². The van der Waals surface area contributed by atoms with E-state index >= 15 is 0 Å². The zero-order valence-corrected chi connectivity index (χ0v) is 12.2. The molecular weight excluding hydrogens is 238 g/mol. The molecule has 0 bridgehead atoms. The van der Waals surface area contributed by atoms with Gasteiger partial charge in [-0.1, -0.05) is 26.3 Å². The van der Waals surface area contributed by atoms with Crippen molar-refractivity contribution < 1.29 is 5.11 Å². The van der Waals surface area contributed by atoms with Gasteiger partial charge in [-0.2, -0.15) is 0 Å². The van der Waals surface area contributed by atoms with Gasteiger partial charge in [-0.05, 0) is 31.0 Å². The van der Waals surface area contributed by atoms with Gasteiger partial charge < -0.3 is 15.3 Å². The van der Waals surface area contributed by atoms with Crippen molar-refractivity contribution >= 4 is 5.82 Å². The molecule has 0 saturated heterocycles. The van der Waals surface area contributed by atoms with E-state index in [1.54, 1.807) is 0 Å². The fourth-order valence-electron chi connectivity index (χ4n) is 1.93. The van der Waals surface area contributed by atoms with E-state index in [-0.39, 0.29) is 6.61 Å². The van der Waals surface area contributed by atoms with E-state index in [0.29, 0.717) is 6.54 Å². The molecule has 19 heavy (non-hydrogen) atoms. The predicted molar refractivity (Wildman–Crippen MR) is 80.4 cm³/mol. The van der Waals surface area contributed by atoms with Gasteiger partial charge in [0.05, 0.1) is 6.61 Å². The Labute approximate surface area is 116 Å². The third-order valence-electron chi connectivity index (χ3n) is 3.04. The van der Waals surface area contributed by atoms with Crippen LogP contribution < -0.4 is 10.2 Å². The SMILES string of the molecule is CCCCN(CCO)c1ccc(CNCCC)cn1. The summed E-state index contributed by atoms with van der Waals surface area (Å²) >= 11 is 0. The highest BCUT2D eigenvalue weighted by atomic mass is 16.3. The van der Waals surface area contributed by atoms with E-state index in [9.17, 15) is 0 Å². The third-order valence-corrected chi connectivity index (χ3v) is 3.04. The Morgan fingerprint density at radius 2 is 2.05 bits per heavy atom. The quantitative estimate of drug-likeness (QED) is 0.637. The van der Waals surface area contributed by atoms with Crippen LogP contribution in [0.1, 0.15) is 38.7 Å². The van der Waals surface area contributed by atoms with Gasteiger partial charge >= 0.3 is 0 Å². The zero-order valence-electron chi connectivity index (χ0n) is 12.2. The first-order valence-electron chi connectivity index (χ1n) is 7.33. The van der Waals surface area contributed by atoms with Crippen LogP contribution in [0.25, 0.3) is 0 Å². The first-order chi connectivity index (χ1) is 9.31. The summed E-state index contributed by atoms with van der Waals surface area (Å²) in [6.07, 6.45) is 5.35. The molecule has 1 heterocycles. The number of nitrogens with one attached hydrogen (secondary N) is 1. The van der Waals surface area contributed by atoms with Crippen molar-refractivity contribution in [3.63, 3.8) is 0 Å².